The first-order chi connectivity index (χ1) is 11.4. The molecular formula is C15H19ClN3O3S2+. The predicted octanol–water partition coefficient (Wildman–Crippen LogP) is 1.58. The first kappa shape index (κ1) is 17.6. The van der Waals surface area contributed by atoms with Gasteiger partial charge in [0.15, 0.2) is 16.5 Å². The van der Waals surface area contributed by atoms with Gasteiger partial charge in [0.25, 0.3) is 4.84 Å². The Morgan fingerprint density at radius 3 is 2.92 bits per heavy atom. The van der Waals surface area contributed by atoms with E-state index in [1.165, 1.54) is 0 Å². The summed E-state index contributed by atoms with van der Waals surface area (Å²) in [5, 5.41) is 5.03. The number of aromatic nitrogens is 2. The Labute approximate surface area is 150 Å². The summed E-state index contributed by atoms with van der Waals surface area (Å²) in [7, 11) is -2.91. The molecule has 1 unspecified atom stereocenters. The molecule has 0 spiro atoms. The normalized spacial score (nSPS) is 21.0. The summed E-state index contributed by atoms with van der Waals surface area (Å²) in [6.07, 6.45) is 0.678. The molecule has 2 atom stereocenters. The first-order valence-electron chi connectivity index (χ1n) is 7.77. The summed E-state index contributed by atoms with van der Waals surface area (Å²) in [5.41, 5.74) is 0.758. The third-order valence-corrected chi connectivity index (χ3v) is 6.59. The minimum Gasteiger partial charge on any atom is -0.409 e. The van der Waals surface area contributed by atoms with Gasteiger partial charge in [-0.2, -0.15) is 4.68 Å². The molecule has 0 bridgehead atoms. The molecule has 1 aromatic carbocycles. The quantitative estimate of drug-likeness (QED) is 0.787. The highest BCUT2D eigenvalue weighted by Gasteiger charge is 2.35. The van der Waals surface area contributed by atoms with E-state index < -0.39 is 9.84 Å². The summed E-state index contributed by atoms with van der Waals surface area (Å²) in [6.45, 7) is 3.31. The Bertz CT molecular complexity index is 891. The van der Waals surface area contributed by atoms with E-state index in [1.54, 1.807) is 16.8 Å². The van der Waals surface area contributed by atoms with Crippen molar-refractivity contribution in [3.63, 3.8) is 0 Å². The molecule has 0 saturated carbocycles. The molecule has 0 aliphatic carbocycles. The number of halogens is 1. The summed E-state index contributed by atoms with van der Waals surface area (Å²) in [5.74, 6) is 0.902. The molecule has 6 nitrogen and oxygen atoms in total. The third kappa shape index (κ3) is 3.88. The Balaban J connectivity index is 1.81. The van der Waals surface area contributed by atoms with Gasteiger partial charge in [-0.3, -0.25) is 0 Å². The van der Waals surface area contributed by atoms with Crippen LogP contribution >= 0.6 is 23.8 Å². The van der Waals surface area contributed by atoms with E-state index in [9.17, 15) is 8.42 Å². The topological polar surface area (TPSA) is 69.5 Å². The van der Waals surface area contributed by atoms with Crippen LogP contribution in [-0.4, -0.2) is 42.3 Å². The monoisotopic (exact) mass is 388 g/mol. The molecule has 3 rings (SSSR count). The molecule has 2 heterocycles. The average Bonchev–Trinajstić information content (AvgIpc) is 3.07. The SMILES string of the molecule is CC[NH+](Cn1nc(-c2cccc(Cl)c2)oc1=S)[C@H]1CCS(=O)(=O)C1. The summed E-state index contributed by atoms with van der Waals surface area (Å²) < 4.78 is 30.6. The van der Waals surface area contributed by atoms with E-state index >= 15 is 0 Å². The van der Waals surface area contributed by atoms with Crippen LogP contribution in [0.1, 0.15) is 13.3 Å². The van der Waals surface area contributed by atoms with Crippen molar-refractivity contribution < 1.29 is 17.7 Å². The number of nitrogens with one attached hydrogen (secondary N) is 1. The highest BCUT2D eigenvalue weighted by Crippen LogP contribution is 2.21. The maximum Gasteiger partial charge on any atom is 0.292 e. The van der Waals surface area contributed by atoms with Crippen molar-refractivity contribution in [1.82, 2.24) is 9.78 Å². The fourth-order valence-corrected chi connectivity index (χ4v) is 5.18. The van der Waals surface area contributed by atoms with Gasteiger partial charge < -0.3 is 9.32 Å². The minimum absolute atomic E-state index is 0.0771. The van der Waals surface area contributed by atoms with E-state index in [0.29, 0.717) is 24.0 Å². The van der Waals surface area contributed by atoms with Gasteiger partial charge in [0.1, 0.15) is 11.8 Å². The molecule has 0 radical (unpaired) electrons. The fourth-order valence-electron chi connectivity index (χ4n) is 2.98. The lowest BCUT2D eigenvalue weighted by Crippen LogP contribution is -3.15. The molecule has 1 aromatic heterocycles. The largest absolute Gasteiger partial charge is 0.409 e. The number of rotatable bonds is 5. The molecule has 2 aromatic rings. The zero-order chi connectivity index (χ0) is 17.3. The smallest absolute Gasteiger partial charge is 0.292 e. The van der Waals surface area contributed by atoms with Gasteiger partial charge in [-0.15, -0.1) is 5.10 Å². The van der Waals surface area contributed by atoms with Gasteiger partial charge in [-0.25, -0.2) is 8.42 Å². The van der Waals surface area contributed by atoms with Crippen molar-refractivity contribution in [3.8, 4) is 11.5 Å². The van der Waals surface area contributed by atoms with Gasteiger partial charge in [0.2, 0.25) is 5.89 Å². The molecule has 1 fully saturated rings. The highest BCUT2D eigenvalue weighted by molar-refractivity contribution is 7.91. The fraction of sp³-hybridized carbons (Fsp3) is 0.467. The van der Waals surface area contributed by atoms with Crippen LogP contribution in [0.5, 0.6) is 0 Å². The Morgan fingerprint density at radius 1 is 1.50 bits per heavy atom. The number of quaternary nitrogens is 1. The van der Waals surface area contributed by atoms with Crippen LogP contribution in [0.25, 0.3) is 11.5 Å². The number of hydrogen-bond donors (Lipinski definition) is 1. The summed E-state index contributed by atoms with van der Waals surface area (Å²) >= 11 is 11.3. The van der Waals surface area contributed by atoms with Crippen LogP contribution in [0, 0.1) is 4.84 Å². The number of hydrogen-bond acceptors (Lipinski definition) is 5. The lowest BCUT2D eigenvalue weighted by molar-refractivity contribution is -0.943. The van der Waals surface area contributed by atoms with Crippen molar-refractivity contribution in [3.05, 3.63) is 34.1 Å². The molecule has 130 valence electrons. The average molecular weight is 389 g/mol. The zero-order valence-corrected chi connectivity index (χ0v) is 15.6. The van der Waals surface area contributed by atoms with E-state index in [2.05, 4.69) is 5.10 Å². The number of nitrogens with zero attached hydrogens (tertiary/aromatic N) is 2. The van der Waals surface area contributed by atoms with Crippen LogP contribution in [0.3, 0.4) is 0 Å². The predicted molar refractivity (Wildman–Crippen MR) is 94.3 cm³/mol. The van der Waals surface area contributed by atoms with Crippen molar-refractivity contribution >= 4 is 33.7 Å². The van der Waals surface area contributed by atoms with Crippen LogP contribution in [0.2, 0.25) is 5.02 Å². The lowest BCUT2D eigenvalue weighted by atomic mass is 10.2. The van der Waals surface area contributed by atoms with Gasteiger partial charge in [-0.1, -0.05) is 17.7 Å². The van der Waals surface area contributed by atoms with Gasteiger partial charge in [-0.05, 0) is 37.3 Å². The maximum absolute atomic E-state index is 11.7. The molecule has 24 heavy (non-hydrogen) atoms. The second-order valence-corrected chi connectivity index (χ2v) is 8.97. The Hall–Kier alpha value is -1.22. The van der Waals surface area contributed by atoms with Crippen molar-refractivity contribution in [1.29, 1.82) is 0 Å². The third-order valence-electron chi connectivity index (χ3n) is 4.29. The molecule has 1 saturated heterocycles. The van der Waals surface area contributed by atoms with E-state index in [1.807, 2.05) is 19.1 Å². The lowest BCUT2D eigenvalue weighted by Gasteiger charge is -2.22. The van der Waals surface area contributed by atoms with Crippen LogP contribution in [0.4, 0.5) is 0 Å². The number of benzene rings is 1. The molecule has 1 aliphatic heterocycles. The Morgan fingerprint density at radius 2 is 2.29 bits per heavy atom. The van der Waals surface area contributed by atoms with Crippen molar-refractivity contribution in [2.75, 3.05) is 18.1 Å². The number of sulfone groups is 1. The van der Waals surface area contributed by atoms with Crippen LogP contribution in [-0.2, 0) is 16.5 Å². The van der Waals surface area contributed by atoms with E-state index in [4.69, 9.17) is 28.2 Å². The molecule has 0 amide bonds. The van der Waals surface area contributed by atoms with Gasteiger partial charge in [0.05, 0.1) is 12.3 Å². The highest BCUT2D eigenvalue weighted by atomic mass is 35.5. The molecular weight excluding hydrogens is 370 g/mol. The summed E-state index contributed by atoms with van der Waals surface area (Å²) in [6, 6.07) is 7.29. The zero-order valence-electron chi connectivity index (χ0n) is 13.2. The Kier molecular flexibility index (Phi) is 5.10. The maximum atomic E-state index is 11.7. The van der Waals surface area contributed by atoms with E-state index in [0.717, 1.165) is 17.0 Å². The second-order valence-electron chi connectivity index (χ2n) is 5.95. The van der Waals surface area contributed by atoms with Crippen LogP contribution < -0.4 is 4.90 Å². The van der Waals surface area contributed by atoms with E-state index in [-0.39, 0.29) is 22.4 Å². The molecule has 1 aliphatic rings. The van der Waals surface area contributed by atoms with Crippen LogP contribution in [0.15, 0.2) is 28.7 Å². The van der Waals surface area contributed by atoms with Crippen molar-refractivity contribution in [2.24, 2.45) is 0 Å². The standard InChI is InChI=1S/C15H18ClN3O3S2/c1-2-18(13-6-7-24(20,21)9-13)10-19-15(23)22-14(17-19)11-4-3-5-12(16)8-11/h3-5,8,13H,2,6-7,9-10H2,1H3/p+1/t13-/m0/s1. The van der Waals surface area contributed by atoms with Gasteiger partial charge >= 0.3 is 0 Å². The molecule has 9 heteroatoms. The van der Waals surface area contributed by atoms with Crippen molar-refractivity contribution in [2.45, 2.75) is 26.1 Å². The second kappa shape index (κ2) is 6.95. The van der Waals surface area contributed by atoms with Gasteiger partial charge in [0, 0.05) is 17.0 Å². The molecule has 1 N–H and O–H groups in total. The minimum atomic E-state index is -2.91. The summed E-state index contributed by atoms with van der Waals surface area (Å²) in [4.78, 5) is 1.41. The first-order valence-corrected chi connectivity index (χ1v) is 10.4.